The summed E-state index contributed by atoms with van der Waals surface area (Å²) in [6, 6.07) is 14.0. The molecule has 7 heteroatoms. The number of carbonyl (C=O) groups excluding carboxylic acids is 2. The molecule has 0 atom stereocenters. The van der Waals surface area contributed by atoms with Crippen molar-refractivity contribution in [2.75, 3.05) is 7.05 Å². The number of nitrogens with zero attached hydrogens (tertiary/aromatic N) is 2. The first-order valence-electron chi connectivity index (χ1n) is 13.1. The summed E-state index contributed by atoms with van der Waals surface area (Å²) >= 11 is 0. The van der Waals surface area contributed by atoms with Gasteiger partial charge in [-0.1, -0.05) is 52.0 Å². The number of allylic oxidation sites excluding steroid dienone is 4. The summed E-state index contributed by atoms with van der Waals surface area (Å²) in [6.45, 7) is 8.71. The first kappa shape index (κ1) is 25.9. The molecule has 5 rings (SSSR count). The molecule has 0 unspecified atom stereocenters. The third-order valence-electron chi connectivity index (χ3n) is 7.92. The van der Waals surface area contributed by atoms with Crippen LogP contribution < -0.4 is 4.74 Å². The van der Waals surface area contributed by atoms with Crippen LogP contribution in [0.1, 0.15) is 70.4 Å². The minimum absolute atomic E-state index is 0.0255. The minimum atomic E-state index is -0.423. The van der Waals surface area contributed by atoms with Crippen molar-refractivity contribution in [1.29, 1.82) is 0 Å². The van der Waals surface area contributed by atoms with Gasteiger partial charge in [0.1, 0.15) is 12.4 Å². The minimum Gasteiger partial charge on any atom is -0.489 e. The van der Waals surface area contributed by atoms with E-state index in [-0.39, 0.29) is 40.6 Å². The van der Waals surface area contributed by atoms with Crippen molar-refractivity contribution < 1.29 is 19.2 Å². The topological polar surface area (TPSA) is 89.8 Å². The second-order valence-electron chi connectivity index (χ2n) is 12.4. The Kier molecular flexibility index (Phi) is 6.28. The molecule has 1 aliphatic heterocycles. The average molecular weight is 515 g/mol. The van der Waals surface area contributed by atoms with Crippen LogP contribution in [0.3, 0.4) is 0 Å². The van der Waals surface area contributed by atoms with Gasteiger partial charge in [0, 0.05) is 60.5 Å². The summed E-state index contributed by atoms with van der Waals surface area (Å²) in [5, 5.41) is 11.1. The van der Waals surface area contributed by atoms with Crippen molar-refractivity contribution in [3.63, 3.8) is 0 Å². The average Bonchev–Trinajstić information content (AvgIpc) is 2.83. The fourth-order valence-corrected chi connectivity index (χ4v) is 6.18. The molecule has 38 heavy (non-hydrogen) atoms. The molecular formula is C31H34N2O5. The van der Waals surface area contributed by atoms with Crippen LogP contribution in [0.2, 0.25) is 0 Å². The third-order valence-corrected chi connectivity index (χ3v) is 7.92. The molecule has 1 heterocycles. The van der Waals surface area contributed by atoms with E-state index >= 15 is 0 Å². The number of benzene rings is 2. The van der Waals surface area contributed by atoms with E-state index in [1.54, 1.807) is 12.1 Å². The van der Waals surface area contributed by atoms with Gasteiger partial charge in [-0.3, -0.25) is 19.7 Å². The van der Waals surface area contributed by atoms with Gasteiger partial charge in [-0.15, -0.1) is 0 Å². The number of hydrogen-bond donors (Lipinski definition) is 0. The molecule has 2 aliphatic carbocycles. The van der Waals surface area contributed by atoms with Gasteiger partial charge in [-0.25, -0.2) is 0 Å². The van der Waals surface area contributed by atoms with Gasteiger partial charge in [0.05, 0.1) is 4.92 Å². The number of nitro groups is 1. The van der Waals surface area contributed by atoms with Crippen molar-refractivity contribution in [3.8, 4) is 5.75 Å². The van der Waals surface area contributed by atoms with E-state index in [0.29, 0.717) is 24.2 Å². The first-order chi connectivity index (χ1) is 17.8. The summed E-state index contributed by atoms with van der Waals surface area (Å²) in [6.07, 6.45) is 2.50. The molecule has 0 radical (unpaired) electrons. The summed E-state index contributed by atoms with van der Waals surface area (Å²) in [7, 11) is 2.01. The number of Topliss-reactive ketones (excluding diaryl/α,β-unsaturated/α-hetero) is 2. The second-order valence-corrected chi connectivity index (χ2v) is 12.4. The smallest absolute Gasteiger partial charge is 0.269 e. The van der Waals surface area contributed by atoms with Crippen LogP contribution in [0.4, 0.5) is 5.69 Å². The van der Waals surface area contributed by atoms with E-state index in [0.717, 1.165) is 40.9 Å². The zero-order chi connectivity index (χ0) is 27.4. The number of ether oxygens (including phenoxy) is 1. The fourth-order valence-electron chi connectivity index (χ4n) is 6.18. The molecule has 0 fully saturated rings. The van der Waals surface area contributed by atoms with E-state index in [4.69, 9.17) is 4.74 Å². The largest absolute Gasteiger partial charge is 0.489 e. The van der Waals surface area contributed by atoms with E-state index < -0.39 is 4.92 Å². The fraction of sp³-hybridized carbons (Fsp3) is 0.419. The molecular weight excluding hydrogens is 480 g/mol. The van der Waals surface area contributed by atoms with E-state index in [1.807, 2.05) is 31.3 Å². The molecule has 0 amide bonds. The van der Waals surface area contributed by atoms with Crippen LogP contribution in [-0.2, 0) is 16.2 Å². The maximum absolute atomic E-state index is 13.6. The lowest BCUT2D eigenvalue weighted by Crippen LogP contribution is -2.43. The van der Waals surface area contributed by atoms with Crippen LogP contribution in [0.5, 0.6) is 5.75 Å². The molecule has 198 valence electrons. The molecule has 0 bridgehead atoms. The zero-order valence-electron chi connectivity index (χ0n) is 22.7. The monoisotopic (exact) mass is 514 g/mol. The quantitative estimate of drug-likeness (QED) is 0.335. The lowest BCUT2D eigenvalue weighted by molar-refractivity contribution is -0.384. The van der Waals surface area contributed by atoms with Crippen molar-refractivity contribution in [2.24, 2.45) is 10.8 Å². The summed E-state index contributed by atoms with van der Waals surface area (Å²) in [5.74, 6) is 0.463. The van der Waals surface area contributed by atoms with Crippen LogP contribution in [0.15, 0.2) is 71.1 Å². The number of hydrogen-bond acceptors (Lipinski definition) is 6. The molecule has 0 saturated carbocycles. The summed E-state index contributed by atoms with van der Waals surface area (Å²) in [4.78, 5) is 40.0. The normalized spacial score (nSPS) is 20.8. The van der Waals surface area contributed by atoms with Gasteiger partial charge in [-0.05, 0) is 46.9 Å². The van der Waals surface area contributed by atoms with Gasteiger partial charge < -0.3 is 9.64 Å². The number of ketones is 2. The Hall–Kier alpha value is -3.74. The zero-order valence-corrected chi connectivity index (χ0v) is 22.7. The highest BCUT2D eigenvalue weighted by molar-refractivity contribution is 6.06. The van der Waals surface area contributed by atoms with Crippen LogP contribution in [-0.4, -0.2) is 28.4 Å². The molecule has 7 nitrogen and oxygen atoms in total. The Morgan fingerprint density at radius 2 is 1.45 bits per heavy atom. The number of carbonyl (C=O) groups is 2. The van der Waals surface area contributed by atoms with Crippen molar-refractivity contribution in [2.45, 2.75) is 65.9 Å². The predicted octanol–water partition coefficient (Wildman–Crippen LogP) is 6.49. The Morgan fingerprint density at radius 1 is 0.895 bits per heavy atom. The maximum Gasteiger partial charge on any atom is 0.269 e. The molecule has 2 aromatic rings. The highest BCUT2D eigenvalue weighted by atomic mass is 16.6. The van der Waals surface area contributed by atoms with Crippen LogP contribution >= 0.6 is 0 Å². The van der Waals surface area contributed by atoms with Crippen molar-refractivity contribution in [3.05, 3.63) is 92.3 Å². The Bertz CT molecular complexity index is 1340. The second kappa shape index (κ2) is 9.22. The van der Waals surface area contributed by atoms with Crippen LogP contribution in [0, 0.1) is 20.9 Å². The standard InChI is InChI=1S/C31H34N2O5/c1-30(2)14-23-28(25(34)16-30)27(29-24(32(23)5)15-31(3,4)17-26(29)35)20-9-11-22(12-10-20)38-18-19-7-6-8-21(13-19)33(36)37/h6-13,27H,14-18H2,1-5H3. The van der Waals surface area contributed by atoms with Crippen molar-refractivity contribution >= 4 is 17.3 Å². The highest BCUT2D eigenvalue weighted by Crippen LogP contribution is 2.53. The van der Waals surface area contributed by atoms with Gasteiger partial charge in [-0.2, -0.15) is 0 Å². The molecule has 0 N–H and O–H groups in total. The Morgan fingerprint density at radius 3 is 1.97 bits per heavy atom. The summed E-state index contributed by atoms with van der Waals surface area (Å²) < 4.78 is 5.91. The van der Waals surface area contributed by atoms with Gasteiger partial charge in [0.2, 0.25) is 0 Å². The van der Waals surface area contributed by atoms with Crippen LogP contribution in [0.25, 0.3) is 0 Å². The van der Waals surface area contributed by atoms with E-state index in [1.165, 1.54) is 12.1 Å². The molecule has 0 saturated heterocycles. The highest BCUT2D eigenvalue weighted by Gasteiger charge is 2.48. The maximum atomic E-state index is 13.6. The number of rotatable bonds is 5. The SMILES string of the molecule is CN1C2=C(C(=O)CC(C)(C)C2)C(c2ccc(OCc3cccc([N+](=O)[O-])c3)cc2)C2=C1CC(C)(C)CC2=O. The molecule has 0 aromatic heterocycles. The molecule has 0 spiro atoms. The first-order valence-corrected chi connectivity index (χ1v) is 13.1. The lowest BCUT2D eigenvalue weighted by atomic mass is 9.64. The van der Waals surface area contributed by atoms with Gasteiger partial charge in [0.15, 0.2) is 11.6 Å². The summed E-state index contributed by atoms with van der Waals surface area (Å²) in [5.41, 5.74) is 4.94. The van der Waals surface area contributed by atoms with E-state index in [9.17, 15) is 19.7 Å². The predicted molar refractivity (Wildman–Crippen MR) is 144 cm³/mol. The Labute approximate surface area is 223 Å². The lowest BCUT2D eigenvalue weighted by Gasteiger charge is -2.47. The number of non-ortho nitro benzene ring substituents is 1. The molecule has 3 aliphatic rings. The van der Waals surface area contributed by atoms with E-state index in [2.05, 4.69) is 32.6 Å². The van der Waals surface area contributed by atoms with Crippen molar-refractivity contribution in [1.82, 2.24) is 4.90 Å². The van der Waals surface area contributed by atoms with Gasteiger partial charge >= 0.3 is 0 Å². The Balaban J connectivity index is 1.49. The third kappa shape index (κ3) is 4.77. The molecule has 2 aromatic carbocycles. The van der Waals surface area contributed by atoms with Gasteiger partial charge in [0.25, 0.3) is 5.69 Å². The number of nitro benzene ring substituents is 1.